The fourth-order valence-corrected chi connectivity index (χ4v) is 2.92. The molecule has 0 aromatic carbocycles. The van der Waals surface area contributed by atoms with E-state index in [1.54, 1.807) is 6.92 Å². The molecule has 13 heteroatoms. The number of rotatable bonds is 3. The lowest BCUT2D eigenvalue weighted by atomic mass is 10.1. The van der Waals surface area contributed by atoms with Gasteiger partial charge in [0, 0.05) is 0 Å². The van der Waals surface area contributed by atoms with Crippen LogP contribution in [-0.2, 0) is 33.3 Å². The van der Waals surface area contributed by atoms with Gasteiger partial charge in [0.1, 0.15) is 6.10 Å². The average Bonchev–Trinajstić information content (AvgIpc) is 3.15. The largest absolute Gasteiger partial charge is 0.454 e. The maximum atomic E-state index is 13.0. The van der Waals surface area contributed by atoms with E-state index in [-0.39, 0.29) is 0 Å². The van der Waals surface area contributed by atoms with Gasteiger partial charge in [0.05, 0.1) is 5.92 Å². The number of halogens is 6. The first-order chi connectivity index (χ1) is 12.3. The van der Waals surface area contributed by atoms with Crippen molar-refractivity contribution in [2.24, 2.45) is 5.92 Å². The SMILES string of the molecule is CCC(C)C(=O)OC1C(=O)OC2C3OC(C(F)(F)F)(C(F)(F)F)OC3OC12. The molecule has 0 N–H and O–H groups in total. The maximum Gasteiger partial charge on any atom is 0.453 e. The van der Waals surface area contributed by atoms with E-state index in [2.05, 4.69) is 9.47 Å². The molecule has 3 heterocycles. The second-order valence-corrected chi connectivity index (χ2v) is 6.35. The Morgan fingerprint density at radius 3 is 2.22 bits per heavy atom. The number of alkyl halides is 6. The fraction of sp³-hybridized carbons (Fsp3) is 0.857. The third-order valence-electron chi connectivity index (χ3n) is 4.58. The predicted octanol–water partition coefficient (Wildman–Crippen LogP) is 1.83. The van der Waals surface area contributed by atoms with Crippen LogP contribution in [0.25, 0.3) is 0 Å². The predicted molar refractivity (Wildman–Crippen MR) is 68.7 cm³/mol. The van der Waals surface area contributed by atoms with E-state index in [9.17, 15) is 35.9 Å². The van der Waals surface area contributed by atoms with Crippen LogP contribution in [0.15, 0.2) is 0 Å². The summed E-state index contributed by atoms with van der Waals surface area (Å²) in [6.07, 6.45) is -20.4. The van der Waals surface area contributed by atoms with Crippen LogP contribution in [0.5, 0.6) is 0 Å². The van der Waals surface area contributed by atoms with Gasteiger partial charge < -0.3 is 23.7 Å². The Morgan fingerprint density at radius 2 is 1.70 bits per heavy atom. The molecular formula is C14H14F6O7. The molecule has 0 amide bonds. The number of hydrogen-bond acceptors (Lipinski definition) is 7. The van der Waals surface area contributed by atoms with Gasteiger partial charge in [-0.3, -0.25) is 4.79 Å². The van der Waals surface area contributed by atoms with Gasteiger partial charge in [0.15, 0.2) is 18.5 Å². The van der Waals surface area contributed by atoms with Gasteiger partial charge in [-0.05, 0) is 6.42 Å². The Morgan fingerprint density at radius 1 is 1.11 bits per heavy atom. The van der Waals surface area contributed by atoms with Crippen molar-refractivity contribution in [3.63, 3.8) is 0 Å². The highest BCUT2D eigenvalue weighted by atomic mass is 19.4. The van der Waals surface area contributed by atoms with Crippen LogP contribution in [0.1, 0.15) is 20.3 Å². The van der Waals surface area contributed by atoms with Crippen molar-refractivity contribution in [2.75, 3.05) is 0 Å². The Bertz CT molecular complexity index is 618. The molecule has 0 saturated carbocycles. The van der Waals surface area contributed by atoms with Crippen LogP contribution in [0.2, 0.25) is 0 Å². The van der Waals surface area contributed by atoms with Gasteiger partial charge in [0.2, 0.25) is 6.10 Å². The van der Waals surface area contributed by atoms with Gasteiger partial charge in [-0.15, -0.1) is 0 Å². The highest BCUT2D eigenvalue weighted by Crippen LogP contribution is 2.55. The van der Waals surface area contributed by atoms with Crippen LogP contribution < -0.4 is 0 Å². The molecule has 0 bridgehead atoms. The van der Waals surface area contributed by atoms with E-state index in [0.717, 1.165) is 0 Å². The first-order valence-corrected chi connectivity index (χ1v) is 7.88. The Hall–Kier alpha value is -1.60. The summed E-state index contributed by atoms with van der Waals surface area (Å²) in [6.45, 7) is 3.19. The molecule has 154 valence electrons. The summed E-state index contributed by atoms with van der Waals surface area (Å²) in [5.41, 5.74) is 0. The van der Waals surface area contributed by atoms with Crippen molar-refractivity contribution in [3.8, 4) is 0 Å². The molecule has 27 heavy (non-hydrogen) atoms. The Balaban J connectivity index is 1.80. The lowest BCUT2D eigenvalue weighted by Crippen LogP contribution is -2.59. The number of hydrogen-bond donors (Lipinski definition) is 0. The quantitative estimate of drug-likeness (QED) is 0.521. The van der Waals surface area contributed by atoms with E-state index < -0.39 is 66.7 Å². The van der Waals surface area contributed by atoms with Gasteiger partial charge in [-0.1, -0.05) is 13.8 Å². The summed E-state index contributed by atoms with van der Waals surface area (Å²) < 4.78 is 101. The molecule has 0 aromatic heterocycles. The lowest BCUT2D eigenvalue weighted by molar-refractivity contribution is -0.455. The fourth-order valence-electron chi connectivity index (χ4n) is 2.92. The van der Waals surface area contributed by atoms with Crippen LogP contribution in [0.3, 0.4) is 0 Å². The highest BCUT2D eigenvalue weighted by Gasteiger charge is 2.82. The van der Waals surface area contributed by atoms with Gasteiger partial charge in [0.25, 0.3) is 0 Å². The first-order valence-electron chi connectivity index (χ1n) is 7.88. The Labute approximate surface area is 147 Å². The van der Waals surface area contributed by atoms with Crippen LogP contribution in [-0.4, -0.2) is 60.8 Å². The van der Waals surface area contributed by atoms with E-state index in [1.807, 2.05) is 0 Å². The van der Waals surface area contributed by atoms with Crippen LogP contribution in [0.4, 0.5) is 26.3 Å². The topological polar surface area (TPSA) is 80.3 Å². The number of carbonyl (C=O) groups excluding carboxylic acids is 2. The smallest absolute Gasteiger partial charge is 0.453 e. The summed E-state index contributed by atoms with van der Waals surface area (Å²) in [4.78, 5) is 23.7. The number of fused-ring (bicyclic) bond motifs is 3. The second kappa shape index (κ2) is 6.21. The van der Waals surface area contributed by atoms with Crippen LogP contribution in [0, 0.1) is 5.92 Å². The van der Waals surface area contributed by atoms with E-state index >= 15 is 0 Å². The van der Waals surface area contributed by atoms with Crippen molar-refractivity contribution in [2.45, 2.75) is 69.1 Å². The number of esters is 2. The number of ether oxygens (including phenoxy) is 5. The second-order valence-electron chi connectivity index (χ2n) is 6.35. The third kappa shape index (κ3) is 2.95. The number of carbonyl (C=O) groups is 2. The zero-order valence-corrected chi connectivity index (χ0v) is 13.8. The summed E-state index contributed by atoms with van der Waals surface area (Å²) in [6, 6.07) is 0. The minimum absolute atomic E-state index is 0.382. The molecule has 3 saturated heterocycles. The monoisotopic (exact) mass is 408 g/mol. The van der Waals surface area contributed by atoms with Crippen molar-refractivity contribution >= 4 is 11.9 Å². The van der Waals surface area contributed by atoms with Crippen molar-refractivity contribution in [1.82, 2.24) is 0 Å². The van der Waals surface area contributed by atoms with Gasteiger partial charge >= 0.3 is 30.1 Å². The summed E-state index contributed by atoms with van der Waals surface area (Å²) in [7, 11) is 0. The molecule has 0 aliphatic carbocycles. The average molecular weight is 408 g/mol. The third-order valence-corrected chi connectivity index (χ3v) is 4.58. The lowest BCUT2D eigenvalue weighted by Gasteiger charge is -2.32. The summed E-state index contributed by atoms with van der Waals surface area (Å²) >= 11 is 0. The van der Waals surface area contributed by atoms with Gasteiger partial charge in [-0.25, -0.2) is 4.79 Å². The summed E-state index contributed by atoms with van der Waals surface area (Å²) in [5.74, 6) is -7.44. The van der Waals surface area contributed by atoms with E-state index in [1.165, 1.54) is 6.92 Å². The molecule has 7 nitrogen and oxygen atoms in total. The molecule has 3 rings (SSSR count). The minimum Gasteiger partial charge on any atom is -0.454 e. The van der Waals surface area contributed by atoms with Crippen LogP contribution >= 0.6 is 0 Å². The van der Waals surface area contributed by atoms with E-state index in [0.29, 0.717) is 6.42 Å². The molecule has 0 radical (unpaired) electrons. The van der Waals surface area contributed by atoms with Crippen molar-refractivity contribution < 1.29 is 59.6 Å². The molecule has 6 atom stereocenters. The molecule has 0 aromatic rings. The zero-order valence-electron chi connectivity index (χ0n) is 13.8. The zero-order chi connectivity index (χ0) is 20.4. The molecule has 3 aliphatic heterocycles. The maximum absolute atomic E-state index is 13.0. The van der Waals surface area contributed by atoms with Gasteiger partial charge in [-0.2, -0.15) is 26.3 Å². The molecular weight excluding hydrogens is 394 g/mol. The minimum atomic E-state index is -5.96. The normalized spacial score (nSPS) is 36.1. The molecule has 3 aliphatic rings. The highest BCUT2D eigenvalue weighted by molar-refractivity contribution is 5.83. The van der Waals surface area contributed by atoms with Crippen molar-refractivity contribution in [3.05, 3.63) is 0 Å². The molecule has 3 fully saturated rings. The van der Waals surface area contributed by atoms with Crippen molar-refractivity contribution in [1.29, 1.82) is 0 Å². The Kier molecular flexibility index (Phi) is 4.63. The first kappa shape index (κ1) is 20.1. The molecule has 0 spiro atoms. The standard InChI is InChI=1S/C14H14F6O7/c1-3-4(2)9(21)24-7-5-6(23-10(7)22)8-11(25-5)27-12(26-8,13(15,16)17)14(18,19)20/h4-8,11H,3H2,1-2H3. The van der Waals surface area contributed by atoms with E-state index in [4.69, 9.17) is 14.2 Å². The molecule has 6 unspecified atom stereocenters. The summed E-state index contributed by atoms with van der Waals surface area (Å²) in [5, 5.41) is 0.